The van der Waals surface area contributed by atoms with Crippen molar-refractivity contribution in [3.05, 3.63) is 63.6 Å². The zero-order valence-electron chi connectivity index (χ0n) is 16.6. The molecule has 2 aromatic carbocycles. The quantitative estimate of drug-likeness (QED) is 0.666. The smallest absolute Gasteiger partial charge is 0.224 e. The van der Waals surface area contributed by atoms with Gasteiger partial charge in [0.2, 0.25) is 15.9 Å². The number of hydrogen-bond acceptors (Lipinski definition) is 4. The first-order valence-electron chi connectivity index (χ1n) is 9.61. The number of rotatable bonds is 7. The Morgan fingerprint density at radius 1 is 1.20 bits per heavy atom. The number of carbonyl (C=O) groups excluding carboxylic acids is 1. The molecule has 1 heterocycles. The van der Waals surface area contributed by atoms with Crippen molar-refractivity contribution in [1.82, 2.24) is 9.62 Å². The van der Waals surface area contributed by atoms with Gasteiger partial charge in [-0.05, 0) is 36.6 Å². The topological polar surface area (TPSA) is 75.7 Å². The van der Waals surface area contributed by atoms with Crippen LogP contribution >= 0.6 is 23.2 Å². The fourth-order valence-corrected chi connectivity index (χ4v) is 5.43. The Morgan fingerprint density at radius 3 is 2.70 bits per heavy atom. The highest BCUT2D eigenvalue weighted by Crippen LogP contribution is 2.26. The minimum absolute atomic E-state index is 0.157. The number of ether oxygens (including phenoxy) is 1. The van der Waals surface area contributed by atoms with E-state index in [1.54, 1.807) is 25.3 Å². The summed E-state index contributed by atoms with van der Waals surface area (Å²) in [6.07, 6.45) is 1.28. The maximum absolute atomic E-state index is 12.9. The van der Waals surface area contributed by atoms with E-state index in [1.165, 1.54) is 4.31 Å². The Hall–Kier alpha value is -1.80. The van der Waals surface area contributed by atoms with Crippen LogP contribution in [-0.4, -0.2) is 38.8 Å². The van der Waals surface area contributed by atoms with E-state index in [9.17, 15) is 13.2 Å². The third-order valence-corrected chi connectivity index (χ3v) is 7.68. The highest BCUT2D eigenvalue weighted by molar-refractivity contribution is 7.88. The third kappa shape index (κ3) is 5.66. The molecule has 162 valence electrons. The standard InChI is InChI=1S/C21H24Cl2N2O4S/c1-29-20-7-3-2-5-16(20)12-24-21(26)17-6-4-10-25(13-17)30(27,28)14-15-8-9-18(22)19(23)11-15/h2-3,5,7-9,11,17H,4,6,10,12-14H2,1H3,(H,24,26). The number of amides is 1. The molecule has 9 heteroatoms. The predicted molar refractivity (Wildman–Crippen MR) is 118 cm³/mol. The minimum Gasteiger partial charge on any atom is -0.496 e. The van der Waals surface area contributed by atoms with Gasteiger partial charge in [-0.3, -0.25) is 4.79 Å². The molecular formula is C21H24Cl2N2O4S. The number of para-hydroxylation sites is 1. The first kappa shape index (κ1) is 22.9. The van der Waals surface area contributed by atoms with Crippen molar-refractivity contribution in [1.29, 1.82) is 0 Å². The summed E-state index contributed by atoms with van der Waals surface area (Å²) < 4.78 is 32.5. The summed E-state index contributed by atoms with van der Waals surface area (Å²) in [5.74, 6) is -0.0287. The summed E-state index contributed by atoms with van der Waals surface area (Å²) in [5, 5.41) is 3.60. The van der Waals surface area contributed by atoms with Gasteiger partial charge < -0.3 is 10.1 Å². The second kappa shape index (κ2) is 10.0. The lowest BCUT2D eigenvalue weighted by Crippen LogP contribution is -2.45. The van der Waals surface area contributed by atoms with E-state index in [0.717, 1.165) is 5.56 Å². The van der Waals surface area contributed by atoms with E-state index in [-0.39, 0.29) is 18.2 Å². The molecule has 3 rings (SSSR count). The van der Waals surface area contributed by atoms with Gasteiger partial charge >= 0.3 is 0 Å². The number of benzene rings is 2. The van der Waals surface area contributed by atoms with Gasteiger partial charge in [-0.25, -0.2) is 12.7 Å². The van der Waals surface area contributed by atoms with Crippen molar-refractivity contribution in [2.75, 3.05) is 20.2 Å². The lowest BCUT2D eigenvalue weighted by Gasteiger charge is -2.31. The van der Waals surface area contributed by atoms with Crippen molar-refractivity contribution >= 4 is 39.1 Å². The van der Waals surface area contributed by atoms with Crippen LogP contribution in [0.4, 0.5) is 0 Å². The number of nitrogens with zero attached hydrogens (tertiary/aromatic N) is 1. The van der Waals surface area contributed by atoms with Crippen LogP contribution in [0.5, 0.6) is 5.75 Å². The van der Waals surface area contributed by atoms with E-state index >= 15 is 0 Å². The van der Waals surface area contributed by atoms with Crippen molar-refractivity contribution in [2.24, 2.45) is 5.92 Å². The van der Waals surface area contributed by atoms with Crippen molar-refractivity contribution in [2.45, 2.75) is 25.1 Å². The molecule has 0 bridgehead atoms. The molecule has 1 N–H and O–H groups in total. The first-order chi connectivity index (χ1) is 14.3. The molecular weight excluding hydrogens is 447 g/mol. The number of sulfonamides is 1. The lowest BCUT2D eigenvalue weighted by molar-refractivity contribution is -0.126. The Morgan fingerprint density at radius 2 is 1.97 bits per heavy atom. The second-order valence-electron chi connectivity index (χ2n) is 7.23. The molecule has 0 saturated carbocycles. The van der Waals surface area contributed by atoms with Crippen LogP contribution in [0.15, 0.2) is 42.5 Å². The van der Waals surface area contributed by atoms with Gasteiger partial charge in [0.25, 0.3) is 0 Å². The number of piperidine rings is 1. The zero-order chi connectivity index (χ0) is 21.7. The molecule has 0 aliphatic carbocycles. The number of hydrogen-bond donors (Lipinski definition) is 1. The zero-order valence-corrected chi connectivity index (χ0v) is 18.9. The molecule has 30 heavy (non-hydrogen) atoms. The van der Waals surface area contributed by atoms with E-state index in [2.05, 4.69) is 5.32 Å². The van der Waals surface area contributed by atoms with E-state index in [4.69, 9.17) is 27.9 Å². The number of nitrogens with one attached hydrogen (secondary N) is 1. The molecule has 1 atom stereocenters. The number of methoxy groups -OCH3 is 1. The molecule has 0 aromatic heterocycles. The summed E-state index contributed by atoms with van der Waals surface area (Å²) in [5.41, 5.74) is 1.43. The average Bonchev–Trinajstić information content (AvgIpc) is 2.74. The summed E-state index contributed by atoms with van der Waals surface area (Å²) in [6.45, 7) is 0.900. The predicted octanol–water partition coefficient (Wildman–Crippen LogP) is 3.86. The molecule has 1 aliphatic heterocycles. The summed E-state index contributed by atoms with van der Waals surface area (Å²) in [4.78, 5) is 12.7. The van der Waals surface area contributed by atoms with Gasteiger partial charge in [0, 0.05) is 25.2 Å². The van der Waals surface area contributed by atoms with Crippen LogP contribution < -0.4 is 10.1 Å². The molecule has 1 saturated heterocycles. The van der Waals surface area contributed by atoms with Crippen molar-refractivity contribution in [3.63, 3.8) is 0 Å². The van der Waals surface area contributed by atoms with Crippen LogP contribution in [0.1, 0.15) is 24.0 Å². The fourth-order valence-electron chi connectivity index (χ4n) is 3.52. The van der Waals surface area contributed by atoms with Crippen LogP contribution in [0, 0.1) is 5.92 Å². The largest absolute Gasteiger partial charge is 0.496 e. The normalized spacial score (nSPS) is 17.5. The molecule has 0 spiro atoms. The molecule has 1 fully saturated rings. The van der Waals surface area contributed by atoms with Crippen LogP contribution in [0.2, 0.25) is 10.0 Å². The Kier molecular flexibility index (Phi) is 7.63. The van der Waals surface area contributed by atoms with Gasteiger partial charge in [-0.15, -0.1) is 0 Å². The maximum atomic E-state index is 12.9. The minimum atomic E-state index is -3.58. The molecule has 1 amide bonds. The third-order valence-electron chi connectivity index (χ3n) is 5.13. The average molecular weight is 471 g/mol. The Balaban J connectivity index is 1.62. The van der Waals surface area contributed by atoms with E-state index < -0.39 is 15.9 Å². The summed E-state index contributed by atoms with van der Waals surface area (Å²) >= 11 is 11.9. The fraction of sp³-hybridized carbons (Fsp3) is 0.381. The maximum Gasteiger partial charge on any atom is 0.224 e. The molecule has 6 nitrogen and oxygen atoms in total. The molecule has 1 aliphatic rings. The van der Waals surface area contributed by atoms with Gasteiger partial charge in [0.05, 0.1) is 28.8 Å². The monoisotopic (exact) mass is 470 g/mol. The number of halogens is 2. The van der Waals surface area contributed by atoms with Crippen LogP contribution in [0.25, 0.3) is 0 Å². The Bertz CT molecular complexity index is 1010. The lowest BCUT2D eigenvalue weighted by atomic mass is 9.98. The molecule has 1 unspecified atom stereocenters. The summed E-state index contributed by atoms with van der Waals surface area (Å²) in [7, 11) is -2.00. The summed E-state index contributed by atoms with van der Waals surface area (Å²) in [6, 6.07) is 12.2. The second-order valence-corrected chi connectivity index (χ2v) is 10.0. The molecule has 0 radical (unpaired) electrons. The highest BCUT2D eigenvalue weighted by Gasteiger charge is 2.32. The van der Waals surface area contributed by atoms with Gasteiger partial charge in [-0.1, -0.05) is 47.5 Å². The van der Waals surface area contributed by atoms with Gasteiger partial charge in [0.1, 0.15) is 5.75 Å². The Labute approximate surface area is 187 Å². The van der Waals surface area contributed by atoms with Crippen molar-refractivity contribution < 1.29 is 17.9 Å². The molecule has 2 aromatic rings. The van der Waals surface area contributed by atoms with E-state index in [1.807, 2.05) is 24.3 Å². The first-order valence-corrected chi connectivity index (χ1v) is 12.0. The van der Waals surface area contributed by atoms with Crippen molar-refractivity contribution in [3.8, 4) is 5.75 Å². The SMILES string of the molecule is COc1ccccc1CNC(=O)C1CCCN(S(=O)(=O)Cc2ccc(Cl)c(Cl)c2)C1. The van der Waals surface area contributed by atoms with Crippen LogP contribution in [0.3, 0.4) is 0 Å². The van der Waals surface area contributed by atoms with Crippen LogP contribution in [-0.2, 0) is 27.1 Å². The van der Waals surface area contributed by atoms with Gasteiger partial charge in [-0.2, -0.15) is 0 Å². The van der Waals surface area contributed by atoms with E-state index in [0.29, 0.717) is 47.3 Å². The van der Waals surface area contributed by atoms with Gasteiger partial charge in [0.15, 0.2) is 0 Å². The highest BCUT2D eigenvalue weighted by atomic mass is 35.5. The number of carbonyl (C=O) groups is 1.